The van der Waals surface area contributed by atoms with Gasteiger partial charge in [0, 0.05) is 30.8 Å². The molecule has 0 saturated carbocycles. The van der Waals surface area contributed by atoms with E-state index in [-0.39, 0.29) is 38.2 Å². The van der Waals surface area contributed by atoms with Crippen LogP contribution in [0.1, 0.15) is 29.5 Å². The Morgan fingerprint density at radius 2 is 1.87 bits per heavy atom. The lowest BCUT2D eigenvalue weighted by molar-refractivity contribution is -0.141. The average Bonchev–Trinajstić information content (AvgIpc) is 2.72. The number of piperidine rings is 1. The molecule has 2 saturated heterocycles. The number of rotatable bonds is 3. The summed E-state index contributed by atoms with van der Waals surface area (Å²) in [6.45, 7) is 0.454. The quantitative estimate of drug-likeness (QED) is 0.820. The summed E-state index contributed by atoms with van der Waals surface area (Å²) >= 11 is 0. The standard InChI is InChI=1S/C21H21F3N2O4/c22-21(23,24)16-6-15(9-25-10-16)20(28)7-17-12-29-13-18(8-20)26(17)19(27)30-11-14-4-2-1-3-5-14/h1-6,9-10,17-18,28H,7-8,11-13H2. The van der Waals surface area contributed by atoms with E-state index in [0.717, 1.165) is 17.8 Å². The van der Waals surface area contributed by atoms with Gasteiger partial charge in [0.2, 0.25) is 0 Å². The van der Waals surface area contributed by atoms with Crippen LogP contribution in [-0.4, -0.2) is 46.4 Å². The van der Waals surface area contributed by atoms with Gasteiger partial charge in [-0.15, -0.1) is 0 Å². The summed E-state index contributed by atoms with van der Waals surface area (Å²) in [5, 5.41) is 11.2. The molecule has 1 N–H and O–H groups in total. The molecule has 3 heterocycles. The van der Waals surface area contributed by atoms with E-state index < -0.39 is 35.5 Å². The summed E-state index contributed by atoms with van der Waals surface area (Å²) in [6.07, 6.45) is -3.04. The fraction of sp³-hybridized carbons (Fsp3) is 0.429. The molecule has 0 aliphatic carbocycles. The molecule has 2 aliphatic heterocycles. The SMILES string of the molecule is O=C(OCc1ccccc1)N1C2COCC1CC(O)(c1cncc(C(F)(F)F)c1)C2. The number of aromatic nitrogens is 1. The van der Waals surface area contributed by atoms with Crippen molar-refractivity contribution in [2.45, 2.75) is 43.3 Å². The lowest BCUT2D eigenvalue weighted by atomic mass is 9.77. The number of hydrogen-bond donors (Lipinski definition) is 1. The van der Waals surface area contributed by atoms with E-state index in [2.05, 4.69) is 4.98 Å². The number of benzene rings is 1. The highest BCUT2D eigenvalue weighted by Gasteiger charge is 2.50. The highest BCUT2D eigenvalue weighted by Crippen LogP contribution is 2.42. The van der Waals surface area contributed by atoms with Gasteiger partial charge >= 0.3 is 12.3 Å². The second-order valence-corrected chi connectivity index (χ2v) is 7.69. The normalized spacial score (nSPS) is 26.3. The first kappa shape index (κ1) is 20.6. The van der Waals surface area contributed by atoms with Crippen molar-refractivity contribution in [3.63, 3.8) is 0 Å². The van der Waals surface area contributed by atoms with E-state index in [9.17, 15) is 23.1 Å². The monoisotopic (exact) mass is 422 g/mol. The largest absolute Gasteiger partial charge is 0.445 e. The van der Waals surface area contributed by atoms with Crippen LogP contribution < -0.4 is 0 Å². The van der Waals surface area contributed by atoms with Crippen molar-refractivity contribution < 1.29 is 32.5 Å². The van der Waals surface area contributed by atoms with Crippen LogP contribution in [0.5, 0.6) is 0 Å². The molecule has 2 bridgehead atoms. The van der Waals surface area contributed by atoms with Crippen molar-refractivity contribution >= 4 is 6.09 Å². The van der Waals surface area contributed by atoms with Crippen molar-refractivity contribution in [2.24, 2.45) is 0 Å². The minimum atomic E-state index is -4.56. The zero-order valence-electron chi connectivity index (χ0n) is 16.0. The second kappa shape index (κ2) is 7.88. The Bertz CT molecular complexity index is 893. The molecule has 1 amide bonds. The fourth-order valence-corrected chi connectivity index (χ4v) is 4.15. The van der Waals surface area contributed by atoms with E-state index in [1.165, 1.54) is 6.20 Å². The second-order valence-electron chi connectivity index (χ2n) is 7.69. The highest BCUT2D eigenvalue weighted by molar-refractivity contribution is 5.69. The Labute approximate surface area is 171 Å². The molecule has 4 rings (SSSR count). The number of aliphatic hydroxyl groups is 1. The van der Waals surface area contributed by atoms with Crippen LogP contribution in [0.25, 0.3) is 0 Å². The number of nitrogens with zero attached hydrogens (tertiary/aromatic N) is 2. The van der Waals surface area contributed by atoms with Crippen LogP contribution in [0.15, 0.2) is 48.8 Å². The number of halogens is 3. The molecular formula is C21H21F3N2O4. The van der Waals surface area contributed by atoms with Gasteiger partial charge in [-0.1, -0.05) is 30.3 Å². The summed E-state index contributed by atoms with van der Waals surface area (Å²) in [5.74, 6) is 0. The van der Waals surface area contributed by atoms with Crippen LogP contribution >= 0.6 is 0 Å². The first-order valence-electron chi connectivity index (χ1n) is 9.58. The summed E-state index contributed by atoms with van der Waals surface area (Å²) < 4.78 is 50.2. The summed E-state index contributed by atoms with van der Waals surface area (Å²) in [6, 6.07) is 9.13. The van der Waals surface area contributed by atoms with Crippen molar-refractivity contribution in [3.8, 4) is 0 Å². The third kappa shape index (κ3) is 4.13. The Morgan fingerprint density at radius 3 is 2.50 bits per heavy atom. The number of carbonyl (C=O) groups excluding carboxylic acids is 1. The Kier molecular flexibility index (Phi) is 5.42. The van der Waals surface area contributed by atoms with Crippen molar-refractivity contribution in [1.82, 2.24) is 9.88 Å². The smallest absolute Gasteiger partial charge is 0.417 e. The molecular weight excluding hydrogens is 401 g/mol. The topological polar surface area (TPSA) is 71.9 Å². The Morgan fingerprint density at radius 1 is 1.20 bits per heavy atom. The maximum atomic E-state index is 13.1. The number of ether oxygens (including phenoxy) is 2. The molecule has 30 heavy (non-hydrogen) atoms. The number of morpholine rings is 1. The summed E-state index contributed by atoms with van der Waals surface area (Å²) in [7, 11) is 0. The predicted molar refractivity (Wildman–Crippen MR) is 99.2 cm³/mol. The molecule has 1 aromatic heterocycles. The number of pyridine rings is 1. The molecule has 2 unspecified atom stereocenters. The molecule has 160 valence electrons. The molecule has 2 aliphatic rings. The zero-order valence-corrected chi connectivity index (χ0v) is 16.0. The molecule has 0 spiro atoms. The third-order valence-electron chi connectivity index (χ3n) is 5.57. The Balaban J connectivity index is 1.51. The lowest BCUT2D eigenvalue weighted by Gasteiger charge is -2.50. The van der Waals surface area contributed by atoms with E-state index in [4.69, 9.17) is 9.47 Å². The third-order valence-corrected chi connectivity index (χ3v) is 5.57. The van der Waals surface area contributed by atoms with Gasteiger partial charge in [0.15, 0.2) is 0 Å². The number of amides is 1. The molecule has 2 atom stereocenters. The van der Waals surface area contributed by atoms with Crippen LogP contribution in [-0.2, 0) is 27.9 Å². The van der Waals surface area contributed by atoms with Crippen LogP contribution in [0.3, 0.4) is 0 Å². The maximum absolute atomic E-state index is 13.1. The van der Waals surface area contributed by atoms with E-state index in [0.29, 0.717) is 0 Å². The van der Waals surface area contributed by atoms with Gasteiger partial charge < -0.3 is 14.6 Å². The van der Waals surface area contributed by atoms with Gasteiger partial charge in [0.05, 0.1) is 36.5 Å². The van der Waals surface area contributed by atoms with Crippen molar-refractivity contribution in [1.29, 1.82) is 0 Å². The van der Waals surface area contributed by atoms with Gasteiger partial charge in [0.1, 0.15) is 6.61 Å². The van der Waals surface area contributed by atoms with Gasteiger partial charge in [0.25, 0.3) is 0 Å². The van der Waals surface area contributed by atoms with Gasteiger partial charge in [-0.2, -0.15) is 13.2 Å². The molecule has 9 heteroatoms. The van der Waals surface area contributed by atoms with Gasteiger partial charge in [-0.25, -0.2) is 4.79 Å². The molecule has 6 nitrogen and oxygen atoms in total. The van der Waals surface area contributed by atoms with Gasteiger partial charge in [-0.3, -0.25) is 9.88 Å². The van der Waals surface area contributed by atoms with Crippen molar-refractivity contribution in [2.75, 3.05) is 13.2 Å². The number of fused-ring (bicyclic) bond motifs is 2. The van der Waals surface area contributed by atoms with E-state index in [1.807, 2.05) is 30.3 Å². The van der Waals surface area contributed by atoms with E-state index in [1.54, 1.807) is 4.90 Å². The number of alkyl halides is 3. The summed E-state index contributed by atoms with van der Waals surface area (Å²) in [5.41, 5.74) is -1.52. The molecule has 0 radical (unpaired) electrons. The minimum Gasteiger partial charge on any atom is -0.445 e. The van der Waals surface area contributed by atoms with Crippen LogP contribution in [0, 0.1) is 0 Å². The minimum absolute atomic E-state index is 0.0347. The first-order chi connectivity index (χ1) is 14.3. The average molecular weight is 422 g/mol. The van der Waals surface area contributed by atoms with Gasteiger partial charge in [-0.05, 0) is 11.6 Å². The highest BCUT2D eigenvalue weighted by atomic mass is 19.4. The van der Waals surface area contributed by atoms with Crippen LogP contribution in [0.2, 0.25) is 0 Å². The molecule has 2 aromatic rings. The van der Waals surface area contributed by atoms with E-state index >= 15 is 0 Å². The molecule has 1 aromatic carbocycles. The fourth-order valence-electron chi connectivity index (χ4n) is 4.15. The lowest BCUT2D eigenvalue weighted by Crippen LogP contribution is -2.62. The number of hydrogen-bond acceptors (Lipinski definition) is 5. The van der Waals surface area contributed by atoms with Crippen molar-refractivity contribution in [3.05, 3.63) is 65.5 Å². The number of carbonyl (C=O) groups is 1. The molecule has 2 fully saturated rings. The predicted octanol–water partition coefficient (Wildman–Crippen LogP) is 3.49. The maximum Gasteiger partial charge on any atom is 0.417 e. The van der Waals surface area contributed by atoms with Crippen LogP contribution in [0.4, 0.5) is 18.0 Å². The zero-order chi connectivity index (χ0) is 21.4. The summed E-state index contributed by atoms with van der Waals surface area (Å²) in [4.78, 5) is 17.9. The Hall–Kier alpha value is -2.65. The first-order valence-corrected chi connectivity index (χ1v) is 9.58.